The zero-order valence-corrected chi connectivity index (χ0v) is 10.9. The maximum absolute atomic E-state index is 11.8. The van der Waals surface area contributed by atoms with Gasteiger partial charge in [-0.05, 0) is 24.3 Å². The van der Waals surface area contributed by atoms with Gasteiger partial charge in [-0.1, -0.05) is 0 Å². The Balaban J connectivity index is 1.74. The van der Waals surface area contributed by atoms with Crippen molar-refractivity contribution in [3.63, 3.8) is 0 Å². The lowest BCUT2D eigenvalue weighted by Gasteiger charge is -2.07. The summed E-state index contributed by atoms with van der Waals surface area (Å²) in [6, 6.07) is 7.44. The van der Waals surface area contributed by atoms with Crippen LogP contribution in [0.3, 0.4) is 0 Å². The SMILES string of the molecule is Cn1ccc2cc(NC(=O)Nc3cncnc3)ccc21. The zero-order chi connectivity index (χ0) is 13.9. The van der Waals surface area contributed by atoms with Gasteiger partial charge in [-0.2, -0.15) is 0 Å². The smallest absolute Gasteiger partial charge is 0.323 e. The highest BCUT2D eigenvalue weighted by atomic mass is 16.2. The number of amides is 2. The molecule has 2 aromatic heterocycles. The highest BCUT2D eigenvalue weighted by Gasteiger charge is 2.04. The Morgan fingerprint density at radius 1 is 1.10 bits per heavy atom. The lowest BCUT2D eigenvalue weighted by Crippen LogP contribution is -2.19. The fourth-order valence-corrected chi connectivity index (χ4v) is 2.02. The van der Waals surface area contributed by atoms with Crippen molar-refractivity contribution < 1.29 is 4.79 Å². The number of nitrogens with one attached hydrogen (secondary N) is 2. The molecule has 0 fully saturated rings. The van der Waals surface area contributed by atoms with E-state index in [9.17, 15) is 4.79 Å². The van der Waals surface area contributed by atoms with E-state index in [0.717, 1.165) is 16.6 Å². The topological polar surface area (TPSA) is 71.8 Å². The second-order valence-corrected chi connectivity index (χ2v) is 4.41. The molecular weight excluding hydrogens is 254 g/mol. The van der Waals surface area contributed by atoms with Crippen molar-refractivity contribution in [2.24, 2.45) is 7.05 Å². The first-order valence-corrected chi connectivity index (χ1v) is 6.10. The van der Waals surface area contributed by atoms with Gasteiger partial charge in [-0.15, -0.1) is 0 Å². The third-order valence-corrected chi connectivity index (χ3v) is 2.96. The van der Waals surface area contributed by atoms with Crippen LogP contribution in [-0.4, -0.2) is 20.6 Å². The molecule has 1 aromatic carbocycles. The van der Waals surface area contributed by atoms with E-state index in [1.165, 1.54) is 18.7 Å². The van der Waals surface area contributed by atoms with Crippen molar-refractivity contribution >= 4 is 28.3 Å². The van der Waals surface area contributed by atoms with E-state index in [1.54, 1.807) is 0 Å². The normalized spacial score (nSPS) is 10.4. The van der Waals surface area contributed by atoms with Crippen molar-refractivity contribution in [1.29, 1.82) is 0 Å². The van der Waals surface area contributed by atoms with Gasteiger partial charge < -0.3 is 15.2 Å². The summed E-state index contributed by atoms with van der Waals surface area (Å²) in [4.78, 5) is 19.5. The van der Waals surface area contributed by atoms with E-state index in [4.69, 9.17) is 0 Å². The summed E-state index contributed by atoms with van der Waals surface area (Å²) in [6.07, 6.45) is 6.46. The van der Waals surface area contributed by atoms with Gasteiger partial charge in [0.1, 0.15) is 6.33 Å². The van der Waals surface area contributed by atoms with E-state index in [1.807, 2.05) is 42.1 Å². The van der Waals surface area contributed by atoms with Crippen LogP contribution >= 0.6 is 0 Å². The predicted octanol–water partition coefficient (Wildman–Crippen LogP) is 2.61. The number of benzene rings is 1. The largest absolute Gasteiger partial charge is 0.351 e. The Morgan fingerprint density at radius 2 is 1.85 bits per heavy atom. The lowest BCUT2D eigenvalue weighted by molar-refractivity contribution is 0.262. The fourth-order valence-electron chi connectivity index (χ4n) is 2.02. The van der Waals surface area contributed by atoms with Crippen LogP contribution in [-0.2, 0) is 7.05 Å². The Morgan fingerprint density at radius 3 is 2.65 bits per heavy atom. The number of fused-ring (bicyclic) bond motifs is 1. The van der Waals surface area contributed by atoms with Crippen LogP contribution in [0.2, 0.25) is 0 Å². The van der Waals surface area contributed by atoms with E-state index in [2.05, 4.69) is 20.6 Å². The van der Waals surface area contributed by atoms with Crippen molar-refractivity contribution in [3.05, 3.63) is 49.2 Å². The Kier molecular flexibility index (Phi) is 3.04. The van der Waals surface area contributed by atoms with E-state index in [-0.39, 0.29) is 6.03 Å². The van der Waals surface area contributed by atoms with Crippen LogP contribution in [0.15, 0.2) is 49.2 Å². The number of carbonyl (C=O) groups is 1. The van der Waals surface area contributed by atoms with E-state index in [0.29, 0.717) is 5.69 Å². The Bertz CT molecular complexity index is 751. The number of rotatable bonds is 2. The molecule has 0 bridgehead atoms. The minimum Gasteiger partial charge on any atom is -0.351 e. The molecule has 0 unspecified atom stereocenters. The molecule has 0 aliphatic heterocycles. The van der Waals surface area contributed by atoms with Crippen LogP contribution < -0.4 is 10.6 Å². The third-order valence-electron chi connectivity index (χ3n) is 2.96. The number of anilines is 2. The molecule has 0 spiro atoms. The van der Waals surface area contributed by atoms with E-state index >= 15 is 0 Å². The molecule has 3 aromatic rings. The predicted molar refractivity (Wildman–Crippen MR) is 77.6 cm³/mol. The highest BCUT2D eigenvalue weighted by Crippen LogP contribution is 2.19. The number of aryl methyl sites for hydroxylation is 1. The molecule has 0 aliphatic carbocycles. The molecule has 0 saturated heterocycles. The van der Waals surface area contributed by atoms with Crippen molar-refractivity contribution in [1.82, 2.24) is 14.5 Å². The summed E-state index contributed by atoms with van der Waals surface area (Å²) in [5.74, 6) is 0. The van der Waals surface area contributed by atoms with Gasteiger partial charge in [0.25, 0.3) is 0 Å². The minimum absolute atomic E-state index is 0.324. The average Bonchev–Trinajstić information content (AvgIpc) is 2.81. The maximum Gasteiger partial charge on any atom is 0.323 e. The van der Waals surface area contributed by atoms with Crippen LogP contribution in [0.4, 0.5) is 16.2 Å². The zero-order valence-electron chi connectivity index (χ0n) is 10.9. The second kappa shape index (κ2) is 5.00. The Hall–Kier alpha value is -2.89. The minimum atomic E-state index is -0.324. The molecule has 2 amide bonds. The molecule has 0 aliphatic rings. The number of hydrogen-bond donors (Lipinski definition) is 2. The molecular formula is C14H13N5O. The first-order chi connectivity index (χ1) is 9.72. The van der Waals surface area contributed by atoms with Gasteiger partial charge >= 0.3 is 6.03 Å². The molecule has 2 heterocycles. The first kappa shape index (κ1) is 12.2. The highest BCUT2D eigenvalue weighted by molar-refractivity contribution is 6.00. The molecule has 6 heteroatoms. The summed E-state index contributed by atoms with van der Waals surface area (Å²) < 4.78 is 2.03. The lowest BCUT2D eigenvalue weighted by atomic mass is 10.2. The van der Waals surface area contributed by atoms with Crippen LogP contribution in [0.25, 0.3) is 10.9 Å². The monoisotopic (exact) mass is 267 g/mol. The van der Waals surface area contributed by atoms with Gasteiger partial charge in [0, 0.05) is 29.8 Å². The average molecular weight is 267 g/mol. The molecule has 2 N–H and O–H groups in total. The van der Waals surface area contributed by atoms with Gasteiger partial charge in [0.2, 0.25) is 0 Å². The maximum atomic E-state index is 11.8. The third kappa shape index (κ3) is 2.44. The van der Waals surface area contributed by atoms with Gasteiger partial charge in [-0.3, -0.25) is 0 Å². The first-order valence-electron chi connectivity index (χ1n) is 6.10. The molecule has 0 atom stereocenters. The van der Waals surface area contributed by atoms with Gasteiger partial charge in [0.15, 0.2) is 0 Å². The quantitative estimate of drug-likeness (QED) is 0.749. The fraction of sp³-hybridized carbons (Fsp3) is 0.0714. The summed E-state index contributed by atoms with van der Waals surface area (Å²) in [5, 5.41) is 6.52. The Labute approximate surface area is 115 Å². The molecule has 3 rings (SSSR count). The number of aromatic nitrogens is 3. The van der Waals surface area contributed by atoms with Crippen LogP contribution in [0.5, 0.6) is 0 Å². The summed E-state index contributed by atoms with van der Waals surface area (Å²) in [6.45, 7) is 0. The second-order valence-electron chi connectivity index (χ2n) is 4.41. The summed E-state index contributed by atoms with van der Waals surface area (Å²) in [7, 11) is 1.98. The summed E-state index contributed by atoms with van der Waals surface area (Å²) >= 11 is 0. The molecule has 20 heavy (non-hydrogen) atoms. The van der Waals surface area contributed by atoms with Crippen molar-refractivity contribution in [3.8, 4) is 0 Å². The number of hydrogen-bond acceptors (Lipinski definition) is 3. The van der Waals surface area contributed by atoms with Crippen molar-refractivity contribution in [2.75, 3.05) is 10.6 Å². The van der Waals surface area contributed by atoms with Gasteiger partial charge in [-0.25, -0.2) is 14.8 Å². The van der Waals surface area contributed by atoms with E-state index < -0.39 is 0 Å². The standard InChI is InChI=1S/C14H13N5O/c1-19-5-4-10-6-11(2-3-13(10)19)17-14(20)18-12-7-15-9-16-8-12/h2-9H,1H3,(H2,17,18,20). The summed E-state index contributed by atoms with van der Waals surface area (Å²) in [5.41, 5.74) is 2.40. The molecule has 0 radical (unpaired) electrons. The van der Waals surface area contributed by atoms with Crippen LogP contribution in [0.1, 0.15) is 0 Å². The van der Waals surface area contributed by atoms with Gasteiger partial charge in [0.05, 0.1) is 18.1 Å². The molecule has 6 nitrogen and oxygen atoms in total. The molecule has 100 valence electrons. The van der Waals surface area contributed by atoms with Crippen LogP contribution in [0, 0.1) is 0 Å². The molecule has 0 saturated carbocycles. The number of nitrogens with zero attached hydrogens (tertiary/aromatic N) is 3. The number of urea groups is 1. The number of carbonyl (C=O) groups excluding carboxylic acids is 1. The van der Waals surface area contributed by atoms with Crippen molar-refractivity contribution in [2.45, 2.75) is 0 Å².